The summed E-state index contributed by atoms with van der Waals surface area (Å²) in [5.41, 5.74) is 7.07. The van der Waals surface area contributed by atoms with Gasteiger partial charge in [0.1, 0.15) is 6.17 Å². The number of aromatic nitrogens is 2. The van der Waals surface area contributed by atoms with E-state index in [1.165, 1.54) is 13.0 Å². The summed E-state index contributed by atoms with van der Waals surface area (Å²) in [6.45, 7) is 5.05. The van der Waals surface area contributed by atoms with E-state index in [0.29, 0.717) is 11.4 Å². The van der Waals surface area contributed by atoms with Crippen LogP contribution < -0.4 is 21.3 Å². The van der Waals surface area contributed by atoms with E-state index < -0.39 is 17.9 Å². The van der Waals surface area contributed by atoms with Gasteiger partial charge in [-0.1, -0.05) is 18.2 Å². The maximum absolute atomic E-state index is 13.3. The molecular weight excluding hydrogens is 393 g/mol. The van der Waals surface area contributed by atoms with Crippen molar-refractivity contribution in [3.8, 4) is 0 Å². The van der Waals surface area contributed by atoms with Crippen LogP contribution in [0, 0.1) is 6.92 Å². The van der Waals surface area contributed by atoms with Crippen LogP contribution in [-0.4, -0.2) is 36.4 Å². The minimum Gasteiger partial charge on any atom is -0.369 e. The predicted octanol–water partition coefficient (Wildman–Crippen LogP) is 3.44. The summed E-state index contributed by atoms with van der Waals surface area (Å²) in [6.07, 6.45) is -3.64. The van der Waals surface area contributed by atoms with Gasteiger partial charge in [0.05, 0.1) is 11.8 Å². The zero-order valence-electron chi connectivity index (χ0n) is 16.5. The van der Waals surface area contributed by atoms with Crippen molar-refractivity contribution < 1.29 is 13.2 Å². The third-order valence-electron chi connectivity index (χ3n) is 5.44. The van der Waals surface area contributed by atoms with Gasteiger partial charge in [0, 0.05) is 42.6 Å². The molecule has 0 radical (unpaired) electrons. The fraction of sp³-hybridized carbons (Fsp3) is 0.333. The Kier molecular flexibility index (Phi) is 5.48. The smallest absolute Gasteiger partial charge is 0.369 e. The summed E-state index contributed by atoms with van der Waals surface area (Å²) < 4.78 is 39.8. The maximum atomic E-state index is 13.3. The number of nitrogens with two attached hydrogens (primary N) is 1. The van der Waals surface area contributed by atoms with Gasteiger partial charge in [-0.3, -0.25) is 0 Å². The summed E-state index contributed by atoms with van der Waals surface area (Å²) in [7, 11) is 0. The third-order valence-corrected chi connectivity index (χ3v) is 5.44. The molecule has 1 aliphatic heterocycles. The van der Waals surface area contributed by atoms with Crippen molar-refractivity contribution in [1.29, 1.82) is 0 Å². The SMILES string of the molecule is Cc1c([C@@H](N)Nc2nncc3ccc(N4CCNCC4)cc23)cccc1C(F)(F)F. The fourth-order valence-electron chi connectivity index (χ4n) is 3.81. The van der Waals surface area contributed by atoms with E-state index in [-0.39, 0.29) is 5.56 Å². The van der Waals surface area contributed by atoms with Crippen LogP contribution in [0.5, 0.6) is 0 Å². The molecular formula is C21H23F3N6. The molecule has 1 aromatic heterocycles. The second-order valence-corrected chi connectivity index (χ2v) is 7.34. The molecule has 1 fully saturated rings. The van der Waals surface area contributed by atoms with E-state index in [0.717, 1.165) is 48.7 Å². The first-order valence-electron chi connectivity index (χ1n) is 9.74. The van der Waals surface area contributed by atoms with E-state index in [1.807, 2.05) is 18.2 Å². The average Bonchev–Trinajstić information content (AvgIpc) is 2.73. The Morgan fingerprint density at radius 1 is 1.17 bits per heavy atom. The molecule has 1 saturated heterocycles. The number of hydrogen-bond donors (Lipinski definition) is 3. The number of halogens is 3. The zero-order valence-corrected chi connectivity index (χ0v) is 16.5. The Morgan fingerprint density at radius 2 is 1.93 bits per heavy atom. The summed E-state index contributed by atoms with van der Waals surface area (Å²) in [6, 6.07) is 10.0. The quantitative estimate of drug-likeness (QED) is 0.566. The molecule has 0 unspecified atom stereocenters. The molecule has 2 aromatic carbocycles. The molecule has 1 aliphatic rings. The zero-order chi connectivity index (χ0) is 21.3. The molecule has 9 heteroatoms. The first kappa shape index (κ1) is 20.4. The maximum Gasteiger partial charge on any atom is 0.416 e. The van der Waals surface area contributed by atoms with Gasteiger partial charge in [0.25, 0.3) is 0 Å². The summed E-state index contributed by atoms with van der Waals surface area (Å²) in [4.78, 5) is 2.27. The first-order chi connectivity index (χ1) is 14.3. The molecule has 0 saturated carbocycles. The largest absolute Gasteiger partial charge is 0.416 e. The number of nitrogens with zero attached hydrogens (tertiary/aromatic N) is 3. The molecule has 1 atom stereocenters. The minimum absolute atomic E-state index is 0.0969. The molecule has 4 rings (SSSR count). The molecule has 0 aliphatic carbocycles. The van der Waals surface area contributed by atoms with Gasteiger partial charge in [-0.25, -0.2) is 0 Å². The Balaban J connectivity index is 1.67. The van der Waals surface area contributed by atoms with Crippen LogP contribution >= 0.6 is 0 Å². The van der Waals surface area contributed by atoms with Gasteiger partial charge in [-0.15, -0.1) is 5.10 Å². The van der Waals surface area contributed by atoms with E-state index in [4.69, 9.17) is 5.73 Å². The molecule has 30 heavy (non-hydrogen) atoms. The normalized spacial score (nSPS) is 16.0. The summed E-state index contributed by atoms with van der Waals surface area (Å²) >= 11 is 0. The monoisotopic (exact) mass is 416 g/mol. The van der Waals surface area contributed by atoms with E-state index in [9.17, 15) is 13.2 Å². The Labute approximate surface area is 172 Å². The van der Waals surface area contributed by atoms with Crippen LogP contribution in [0.25, 0.3) is 10.8 Å². The first-order valence-corrected chi connectivity index (χ1v) is 9.74. The van der Waals surface area contributed by atoms with Gasteiger partial charge in [0.15, 0.2) is 5.82 Å². The van der Waals surface area contributed by atoms with Crippen molar-refractivity contribution in [3.63, 3.8) is 0 Å². The molecule has 0 bridgehead atoms. The van der Waals surface area contributed by atoms with Crippen LogP contribution in [0.4, 0.5) is 24.7 Å². The lowest BCUT2D eigenvalue weighted by Gasteiger charge is -2.29. The van der Waals surface area contributed by atoms with E-state index in [1.54, 1.807) is 12.3 Å². The summed E-state index contributed by atoms with van der Waals surface area (Å²) in [5.74, 6) is 0.439. The van der Waals surface area contributed by atoms with Crippen LogP contribution in [-0.2, 0) is 6.18 Å². The highest BCUT2D eigenvalue weighted by molar-refractivity contribution is 5.93. The lowest BCUT2D eigenvalue weighted by Crippen LogP contribution is -2.43. The molecule has 158 valence electrons. The fourth-order valence-corrected chi connectivity index (χ4v) is 3.81. The minimum atomic E-state index is -4.43. The number of fused-ring (bicyclic) bond motifs is 1. The molecule has 0 amide bonds. The van der Waals surface area contributed by atoms with Gasteiger partial charge in [-0.05, 0) is 36.2 Å². The number of anilines is 2. The lowest BCUT2D eigenvalue weighted by atomic mass is 10.00. The topological polar surface area (TPSA) is 79.1 Å². The van der Waals surface area contributed by atoms with Crippen molar-refractivity contribution >= 4 is 22.3 Å². The molecule has 2 heterocycles. The van der Waals surface area contributed by atoms with Gasteiger partial charge in [0.2, 0.25) is 0 Å². The Morgan fingerprint density at radius 3 is 2.67 bits per heavy atom. The highest BCUT2D eigenvalue weighted by Crippen LogP contribution is 2.35. The second kappa shape index (κ2) is 8.08. The Bertz CT molecular complexity index is 1050. The van der Waals surface area contributed by atoms with Gasteiger partial charge >= 0.3 is 6.18 Å². The Hall–Kier alpha value is -2.91. The average molecular weight is 416 g/mol. The van der Waals surface area contributed by atoms with Crippen molar-refractivity contribution in [1.82, 2.24) is 15.5 Å². The molecule has 6 nitrogen and oxygen atoms in total. The highest BCUT2D eigenvalue weighted by Gasteiger charge is 2.33. The molecule has 4 N–H and O–H groups in total. The number of piperazine rings is 1. The van der Waals surface area contributed by atoms with Crippen LogP contribution in [0.3, 0.4) is 0 Å². The van der Waals surface area contributed by atoms with Crippen molar-refractivity contribution in [2.24, 2.45) is 5.73 Å². The second-order valence-electron chi connectivity index (χ2n) is 7.34. The highest BCUT2D eigenvalue weighted by atomic mass is 19.4. The summed E-state index contributed by atoms with van der Waals surface area (Å²) in [5, 5.41) is 16.3. The van der Waals surface area contributed by atoms with Crippen molar-refractivity contribution in [3.05, 3.63) is 59.3 Å². The predicted molar refractivity (Wildman–Crippen MR) is 111 cm³/mol. The molecule has 0 spiro atoms. The third kappa shape index (κ3) is 4.03. The number of rotatable bonds is 4. The standard InChI is InChI=1S/C21H23F3N6/c1-13-16(3-2-4-18(13)21(22,23)24)19(25)28-20-17-11-15(30-9-7-26-8-10-30)6-5-14(17)12-27-29-20/h2-6,11-12,19,26H,7-10,25H2,1H3,(H,28,29)/t19-/m0/s1. The number of hydrogen-bond acceptors (Lipinski definition) is 6. The van der Waals surface area contributed by atoms with Crippen LogP contribution in [0.15, 0.2) is 42.6 Å². The van der Waals surface area contributed by atoms with Gasteiger partial charge in [-0.2, -0.15) is 18.3 Å². The van der Waals surface area contributed by atoms with E-state index in [2.05, 4.69) is 25.7 Å². The lowest BCUT2D eigenvalue weighted by molar-refractivity contribution is -0.138. The van der Waals surface area contributed by atoms with Crippen LogP contribution in [0.2, 0.25) is 0 Å². The van der Waals surface area contributed by atoms with Crippen LogP contribution in [0.1, 0.15) is 22.9 Å². The number of nitrogens with one attached hydrogen (secondary N) is 2. The van der Waals surface area contributed by atoms with Crippen molar-refractivity contribution in [2.45, 2.75) is 19.3 Å². The van der Waals surface area contributed by atoms with Crippen molar-refractivity contribution in [2.75, 3.05) is 36.4 Å². The molecule has 3 aromatic rings. The number of benzene rings is 2. The van der Waals surface area contributed by atoms with Gasteiger partial charge < -0.3 is 21.3 Å². The number of alkyl halides is 3. The van der Waals surface area contributed by atoms with E-state index >= 15 is 0 Å².